The van der Waals surface area contributed by atoms with Crippen LogP contribution >= 0.6 is 11.8 Å². The van der Waals surface area contributed by atoms with Crippen LogP contribution in [-0.4, -0.2) is 70.4 Å². The van der Waals surface area contributed by atoms with E-state index in [2.05, 4.69) is 16.5 Å². The molecule has 1 saturated heterocycles. The lowest BCUT2D eigenvalue weighted by Gasteiger charge is -2.32. The van der Waals surface area contributed by atoms with E-state index in [0.29, 0.717) is 0 Å². The van der Waals surface area contributed by atoms with Crippen molar-refractivity contribution in [3.8, 4) is 0 Å². The van der Waals surface area contributed by atoms with Crippen LogP contribution in [0.5, 0.6) is 0 Å². The molecular weight excluding hydrogens is 362 g/mol. The molecule has 0 saturated carbocycles. The molecule has 3 aliphatic heterocycles. The first-order valence-electron chi connectivity index (χ1n) is 9.68. The molecule has 2 amide bonds. The van der Waals surface area contributed by atoms with Crippen molar-refractivity contribution in [2.24, 2.45) is 0 Å². The number of hydrogen-bond acceptors (Lipinski definition) is 5. The third-order valence-corrected chi connectivity index (χ3v) is 5.90. The Labute approximate surface area is 166 Å². The standard InChI is InChI=1S/C20H31N3O3S/c1-13-17(26-20(2,3)4)11-19(25)23(13)14-6-8-22(12-14)16-10-18(24)21-15(16)7-9-27-5/h10-11,13-15H,6-9,12H2,1-5H3,(H,21,24)/t13-,14-,15-/m0/s1. The summed E-state index contributed by atoms with van der Waals surface area (Å²) in [6, 6.07) is 0.183. The number of amides is 2. The van der Waals surface area contributed by atoms with E-state index in [0.717, 1.165) is 43.1 Å². The van der Waals surface area contributed by atoms with Gasteiger partial charge in [0, 0.05) is 30.9 Å². The van der Waals surface area contributed by atoms with E-state index in [1.165, 1.54) is 0 Å². The molecule has 0 aromatic rings. The largest absolute Gasteiger partial charge is 0.490 e. The number of hydrogen-bond donors (Lipinski definition) is 1. The van der Waals surface area contributed by atoms with Crippen molar-refractivity contribution in [1.29, 1.82) is 0 Å². The summed E-state index contributed by atoms with van der Waals surface area (Å²) in [6.45, 7) is 9.66. The van der Waals surface area contributed by atoms with E-state index in [1.54, 1.807) is 23.9 Å². The van der Waals surface area contributed by atoms with Crippen LogP contribution in [0.2, 0.25) is 0 Å². The highest BCUT2D eigenvalue weighted by Crippen LogP contribution is 2.32. The van der Waals surface area contributed by atoms with Gasteiger partial charge in [-0.15, -0.1) is 0 Å². The van der Waals surface area contributed by atoms with Gasteiger partial charge >= 0.3 is 0 Å². The predicted octanol–water partition coefficient (Wildman–Crippen LogP) is 2.13. The minimum atomic E-state index is -0.316. The van der Waals surface area contributed by atoms with E-state index < -0.39 is 0 Å². The van der Waals surface area contributed by atoms with E-state index in [4.69, 9.17) is 4.74 Å². The fourth-order valence-corrected chi connectivity index (χ4v) is 4.57. The fraction of sp³-hybridized carbons (Fsp3) is 0.700. The molecule has 0 bridgehead atoms. The van der Waals surface area contributed by atoms with Crippen LogP contribution < -0.4 is 5.32 Å². The van der Waals surface area contributed by atoms with Gasteiger partial charge in [0.1, 0.15) is 11.4 Å². The zero-order valence-electron chi connectivity index (χ0n) is 16.9. The van der Waals surface area contributed by atoms with E-state index in [1.807, 2.05) is 32.6 Å². The average Bonchev–Trinajstić information content (AvgIpc) is 3.23. The summed E-state index contributed by atoms with van der Waals surface area (Å²) in [5, 5.41) is 3.05. The van der Waals surface area contributed by atoms with Crippen LogP contribution in [0.4, 0.5) is 0 Å². The lowest BCUT2D eigenvalue weighted by molar-refractivity contribution is -0.128. The Morgan fingerprint density at radius 1 is 1.30 bits per heavy atom. The number of likely N-dealkylation sites (tertiary alicyclic amines) is 1. The minimum Gasteiger partial charge on any atom is -0.490 e. The molecule has 0 unspecified atom stereocenters. The first-order chi connectivity index (χ1) is 12.7. The highest BCUT2D eigenvalue weighted by atomic mass is 32.2. The molecule has 27 heavy (non-hydrogen) atoms. The molecule has 150 valence electrons. The molecule has 1 N–H and O–H groups in total. The van der Waals surface area contributed by atoms with Crippen LogP contribution in [0, 0.1) is 0 Å². The molecule has 6 nitrogen and oxygen atoms in total. The summed E-state index contributed by atoms with van der Waals surface area (Å²) in [4.78, 5) is 28.7. The highest BCUT2D eigenvalue weighted by Gasteiger charge is 2.41. The molecule has 0 aliphatic carbocycles. The van der Waals surface area contributed by atoms with Crippen LogP contribution in [-0.2, 0) is 14.3 Å². The van der Waals surface area contributed by atoms with Crippen molar-refractivity contribution in [3.05, 3.63) is 23.6 Å². The van der Waals surface area contributed by atoms with Crippen LogP contribution in [0.25, 0.3) is 0 Å². The maximum atomic E-state index is 12.6. The van der Waals surface area contributed by atoms with Gasteiger partial charge in [-0.3, -0.25) is 9.59 Å². The van der Waals surface area contributed by atoms with Crippen molar-refractivity contribution in [3.63, 3.8) is 0 Å². The van der Waals surface area contributed by atoms with Gasteiger partial charge in [0.25, 0.3) is 5.91 Å². The molecule has 3 aliphatic rings. The summed E-state index contributed by atoms with van der Waals surface area (Å²) in [7, 11) is 0. The van der Waals surface area contributed by atoms with Crippen molar-refractivity contribution < 1.29 is 14.3 Å². The molecule has 0 spiro atoms. The second-order valence-corrected chi connectivity index (χ2v) is 9.47. The van der Waals surface area contributed by atoms with Crippen molar-refractivity contribution in [1.82, 2.24) is 15.1 Å². The Morgan fingerprint density at radius 2 is 2.04 bits per heavy atom. The van der Waals surface area contributed by atoms with Crippen molar-refractivity contribution in [2.75, 3.05) is 25.1 Å². The topological polar surface area (TPSA) is 61.9 Å². The zero-order chi connectivity index (χ0) is 19.8. The number of nitrogens with zero attached hydrogens (tertiary/aromatic N) is 2. The Kier molecular flexibility index (Phi) is 5.79. The molecule has 0 aromatic heterocycles. The normalized spacial score (nSPS) is 28.6. The molecule has 0 aromatic carbocycles. The minimum absolute atomic E-state index is 0.00676. The lowest BCUT2D eigenvalue weighted by Crippen LogP contribution is -2.44. The van der Waals surface area contributed by atoms with Gasteiger partial charge in [-0.1, -0.05) is 0 Å². The molecule has 3 heterocycles. The van der Waals surface area contributed by atoms with Gasteiger partial charge < -0.3 is 19.9 Å². The number of ether oxygens (including phenoxy) is 1. The van der Waals surface area contributed by atoms with Gasteiger partial charge in [-0.05, 0) is 52.5 Å². The third kappa shape index (κ3) is 4.45. The first-order valence-corrected chi connectivity index (χ1v) is 11.1. The molecule has 3 atom stereocenters. The Morgan fingerprint density at radius 3 is 2.70 bits per heavy atom. The zero-order valence-corrected chi connectivity index (χ0v) is 17.8. The summed E-state index contributed by atoms with van der Waals surface area (Å²) in [6.07, 6.45) is 7.29. The van der Waals surface area contributed by atoms with E-state index in [-0.39, 0.29) is 35.5 Å². The quantitative estimate of drug-likeness (QED) is 0.749. The maximum absolute atomic E-state index is 12.6. The second kappa shape index (κ2) is 7.78. The highest BCUT2D eigenvalue weighted by molar-refractivity contribution is 7.98. The van der Waals surface area contributed by atoms with Crippen LogP contribution in [0.3, 0.4) is 0 Å². The van der Waals surface area contributed by atoms with Gasteiger partial charge in [-0.25, -0.2) is 0 Å². The Hall–Kier alpha value is -1.63. The van der Waals surface area contributed by atoms with Crippen LogP contribution in [0.15, 0.2) is 23.6 Å². The monoisotopic (exact) mass is 393 g/mol. The van der Waals surface area contributed by atoms with Gasteiger partial charge in [0.15, 0.2) is 0 Å². The molecule has 1 fully saturated rings. The SMILES string of the molecule is CSCC[C@@H]1NC(=O)C=C1N1CC[C@H](N2C(=O)C=C(OC(C)(C)C)[C@@H]2C)C1. The molecular formula is C20H31N3O3S. The number of carbonyl (C=O) groups is 2. The summed E-state index contributed by atoms with van der Waals surface area (Å²) < 4.78 is 5.99. The molecule has 7 heteroatoms. The summed E-state index contributed by atoms with van der Waals surface area (Å²) >= 11 is 1.79. The maximum Gasteiger partial charge on any atom is 0.250 e. The Bertz CT molecular complexity index is 668. The lowest BCUT2D eigenvalue weighted by atomic mass is 10.1. The number of nitrogens with one attached hydrogen (secondary N) is 1. The van der Waals surface area contributed by atoms with Gasteiger partial charge in [-0.2, -0.15) is 11.8 Å². The van der Waals surface area contributed by atoms with E-state index in [9.17, 15) is 9.59 Å². The fourth-order valence-electron chi connectivity index (χ4n) is 4.10. The Balaban J connectivity index is 1.65. The average molecular weight is 394 g/mol. The van der Waals surface area contributed by atoms with Crippen molar-refractivity contribution in [2.45, 2.75) is 64.3 Å². The number of thioether (sulfide) groups is 1. The molecule has 3 rings (SSSR count). The third-order valence-electron chi connectivity index (χ3n) is 5.26. The predicted molar refractivity (Wildman–Crippen MR) is 108 cm³/mol. The van der Waals surface area contributed by atoms with Crippen LogP contribution in [0.1, 0.15) is 40.5 Å². The summed E-state index contributed by atoms with van der Waals surface area (Å²) in [5.74, 6) is 1.79. The summed E-state index contributed by atoms with van der Waals surface area (Å²) in [5.41, 5.74) is 0.763. The van der Waals surface area contributed by atoms with Crippen molar-refractivity contribution >= 4 is 23.6 Å². The smallest absolute Gasteiger partial charge is 0.250 e. The first kappa shape index (κ1) is 20.1. The second-order valence-electron chi connectivity index (χ2n) is 8.48. The van der Waals surface area contributed by atoms with E-state index >= 15 is 0 Å². The van der Waals surface area contributed by atoms with Gasteiger partial charge in [0.05, 0.1) is 18.1 Å². The van der Waals surface area contributed by atoms with Gasteiger partial charge in [0.2, 0.25) is 5.91 Å². The number of rotatable bonds is 6. The molecule has 0 radical (unpaired) electrons. The number of carbonyl (C=O) groups excluding carboxylic acids is 2.